The van der Waals surface area contributed by atoms with Crippen molar-refractivity contribution in [3.63, 3.8) is 0 Å². The minimum atomic E-state index is -0.543. The van der Waals surface area contributed by atoms with Crippen LogP contribution >= 0.6 is 11.6 Å². The number of nitrogens with one attached hydrogen (secondary N) is 2. The molecule has 3 aromatic rings. The second kappa shape index (κ2) is 8.40. The lowest BCUT2D eigenvalue weighted by atomic mass is 10.1. The Bertz CT molecular complexity index is 888. The number of hydrogen-bond donors (Lipinski definition) is 2. The maximum Gasteiger partial charge on any atom is 0.258 e. The van der Waals surface area contributed by atoms with Gasteiger partial charge in [-0.2, -0.15) is 0 Å². The number of amides is 1. The molecular weight excluding hydrogens is 355 g/mol. The molecule has 2 N–H and O–H groups in total. The van der Waals surface area contributed by atoms with Crippen molar-refractivity contribution in [2.75, 3.05) is 17.2 Å². The Morgan fingerprint density at radius 3 is 2.50 bits per heavy atom. The van der Waals surface area contributed by atoms with Gasteiger partial charge in [-0.25, -0.2) is 14.4 Å². The average Bonchev–Trinajstić information content (AvgIpc) is 2.66. The Kier molecular flexibility index (Phi) is 5.76. The van der Waals surface area contributed by atoms with Gasteiger partial charge in [0, 0.05) is 24.6 Å². The van der Waals surface area contributed by atoms with Crippen molar-refractivity contribution in [1.82, 2.24) is 9.97 Å². The summed E-state index contributed by atoms with van der Waals surface area (Å²) in [6.45, 7) is 0.684. The van der Waals surface area contributed by atoms with Gasteiger partial charge in [-0.3, -0.25) is 4.79 Å². The molecule has 3 rings (SSSR count). The van der Waals surface area contributed by atoms with Crippen LogP contribution in [0.3, 0.4) is 0 Å². The fourth-order valence-corrected chi connectivity index (χ4v) is 2.46. The van der Waals surface area contributed by atoms with E-state index in [0.717, 1.165) is 6.42 Å². The lowest BCUT2D eigenvalue weighted by molar-refractivity contribution is 0.102. The number of rotatable bonds is 6. The molecule has 2 aromatic carbocycles. The van der Waals surface area contributed by atoms with Crippen molar-refractivity contribution < 1.29 is 9.18 Å². The lowest BCUT2D eigenvalue weighted by Gasteiger charge is -2.07. The number of carbonyl (C=O) groups is 1. The van der Waals surface area contributed by atoms with Gasteiger partial charge in [-0.15, -0.1) is 0 Å². The van der Waals surface area contributed by atoms with Crippen LogP contribution in [0, 0.1) is 5.82 Å². The van der Waals surface area contributed by atoms with E-state index in [9.17, 15) is 9.18 Å². The highest BCUT2D eigenvalue weighted by atomic mass is 35.5. The summed E-state index contributed by atoms with van der Waals surface area (Å²) in [6, 6.07) is 14.0. The third kappa shape index (κ3) is 4.77. The van der Waals surface area contributed by atoms with Gasteiger partial charge in [0.05, 0.1) is 10.6 Å². The summed E-state index contributed by atoms with van der Waals surface area (Å²) in [4.78, 5) is 20.4. The van der Waals surface area contributed by atoms with E-state index in [-0.39, 0.29) is 5.02 Å². The van der Waals surface area contributed by atoms with Gasteiger partial charge < -0.3 is 10.6 Å². The molecule has 0 atom stereocenters. The summed E-state index contributed by atoms with van der Waals surface area (Å²) < 4.78 is 13.1. The molecule has 0 unspecified atom stereocenters. The predicted octanol–water partition coefficient (Wildman–Crippen LogP) is 4.18. The number of anilines is 2. The molecule has 0 aliphatic carbocycles. The third-order valence-corrected chi connectivity index (χ3v) is 3.92. The number of carbonyl (C=O) groups excluding carboxylic acids is 1. The summed E-state index contributed by atoms with van der Waals surface area (Å²) >= 11 is 5.70. The van der Waals surface area contributed by atoms with Crippen molar-refractivity contribution in [2.24, 2.45) is 0 Å². The van der Waals surface area contributed by atoms with Crippen molar-refractivity contribution in [1.29, 1.82) is 0 Å². The van der Waals surface area contributed by atoms with Crippen LogP contribution in [0.25, 0.3) is 0 Å². The SMILES string of the molecule is O=C(Nc1ccc(F)c(Cl)c1)c1cnc(NCCc2ccccc2)nc1. The molecule has 0 aliphatic rings. The van der Waals surface area contributed by atoms with E-state index in [1.54, 1.807) is 0 Å². The average molecular weight is 371 g/mol. The van der Waals surface area contributed by atoms with Gasteiger partial charge in [-0.1, -0.05) is 41.9 Å². The van der Waals surface area contributed by atoms with Crippen LogP contribution in [-0.4, -0.2) is 22.4 Å². The van der Waals surface area contributed by atoms with E-state index in [0.29, 0.717) is 23.7 Å². The summed E-state index contributed by atoms with van der Waals surface area (Å²) in [7, 11) is 0. The highest BCUT2D eigenvalue weighted by molar-refractivity contribution is 6.31. The molecule has 7 heteroatoms. The smallest absolute Gasteiger partial charge is 0.258 e. The van der Waals surface area contributed by atoms with Crippen LogP contribution in [0.2, 0.25) is 5.02 Å². The van der Waals surface area contributed by atoms with Crippen LogP contribution < -0.4 is 10.6 Å². The predicted molar refractivity (Wildman–Crippen MR) is 100 cm³/mol. The normalized spacial score (nSPS) is 10.4. The van der Waals surface area contributed by atoms with Crippen LogP contribution in [0.15, 0.2) is 60.9 Å². The molecule has 132 valence electrons. The molecule has 0 fully saturated rings. The molecule has 1 amide bonds. The van der Waals surface area contributed by atoms with E-state index < -0.39 is 11.7 Å². The molecule has 0 bridgehead atoms. The largest absolute Gasteiger partial charge is 0.354 e. The first-order valence-electron chi connectivity index (χ1n) is 7.98. The Balaban J connectivity index is 1.54. The summed E-state index contributed by atoms with van der Waals surface area (Å²) in [5.74, 6) is -0.496. The first-order valence-corrected chi connectivity index (χ1v) is 8.36. The van der Waals surface area contributed by atoms with Gasteiger partial charge in [0.15, 0.2) is 0 Å². The molecule has 0 aliphatic heterocycles. The van der Waals surface area contributed by atoms with Crippen LogP contribution in [-0.2, 0) is 6.42 Å². The van der Waals surface area contributed by atoms with Gasteiger partial charge in [0.1, 0.15) is 5.82 Å². The van der Waals surface area contributed by atoms with Crippen LogP contribution in [0.1, 0.15) is 15.9 Å². The Hall–Kier alpha value is -2.99. The van der Waals surface area contributed by atoms with E-state index >= 15 is 0 Å². The molecule has 1 aromatic heterocycles. The number of aromatic nitrogens is 2. The van der Waals surface area contributed by atoms with E-state index in [4.69, 9.17) is 11.6 Å². The maximum atomic E-state index is 13.1. The lowest BCUT2D eigenvalue weighted by Crippen LogP contribution is -2.14. The van der Waals surface area contributed by atoms with Crippen LogP contribution in [0.4, 0.5) is 16.0 Å². The summed E-state index contributed by atoms with van der Waals surface area (Å²) in [6.07, 6.45) is 3.70. The zero-order chi connectivity index (χ0) is 18.4. The summed E-state index contributed by atoms with van der Waals surface area (Å²) in [5, 5.41) is 5.67. The van der Waals surface area contributed by atoms with E-state index in [1.807, 2.05) is 18.2 Å². The molecule has 0 saturated heterocycles. The third-order valence-electron chi connectivity index (χ3n) is 3.63. The minimum absolute atomic E-state index is 0.0583. The van der Waals surface area contributed by atoms with Gasteiger partial charge in [0.25, 0.3) is 5.91 Å². The number of nitrogens with zero attached hydrogens (tertiary/aromatic N) is 2. The second-order valence-electron chi connectivity index (χ2n) is 5.54. The molecule has 5 nitrogen and oxygen atoms in total. The zero-order valence-corrected chi connectivity index (χ0v) is 14.5. The molecule has 0 saturated carbocycles. The number of benzene rings is 2. The van der Waals surface area contributed by atoms with Gasteiger partial charge in [0.2, 0.25) is 5.95 Å². The second-order valence-corrected chi connectivity index (χ2v) is 5.95. The first kappa shape index (κ1) is 17.8. The number of hydrogen-bond acceptors (Lipinski definition) is 4. The summed E-state index contributed by atoms with van der Waals surface area (Å²) in [5.41, 5.74) is 1.90. The van der Waals surface area contributed by atoms with Crippen molar-refractivity contribution in [2.45, 2.75) is 6.42 Å². The van der Waals surface area contributed by atoms with Crippen molar-refractivity contribution in [3.05, 3.63) is 82.9 Å². The molecule has 0 spiro atoms. The fourth-order valence-electron chi connectivity index (χ4n) is 2.28. The highest BCUT2D eigenvalue weighted by Crippen LogP contribution is 2.19. The first-order chi connectivity index (χ1) is 12.6. The molecular formula is C19H16ClFN4O. The van der Waals surface area contributed by atoms with Crippen LogP contribution in [0.5, 0.6) is 0 Å². The minimum Gasteiger partial charge on any atom is -0.354 e. The quantitative estimate of drug-likeness (QED) is 0.683. The topological polar surface area (TPSA) is 66.9 Å². The Morgan fingerprint density at radius 2 is 1.81 bits per heavy atom. The Labute approximate surface area is 155 Å². The molecule has 26 heavy (non-hydrogen) atoms. The standard InChI is InChI=1S/C19H16ClFN4O/c20-16-10-15(6-7-17(16)21)25-18(26)14-11-23-19(24-12-14)22-9-8-13-4-2-1-3-5-13/h1-7,10-12H,8-9H2,(H,25,26)(H,22,23,24). The maximum absolute atomic E-state index is 13.1. The van der Waals surface area contributed by atoms with Crippen molar-refractivity contribution in [3.8, 4) is 0 Å². The molecule has 1 heterocycles. The highest BCUT2D eigenvalue weighted by Gasteiger charge is 2.09. The van der Waals surface area contributed by atoms with Crippen molar-refractivity contribution >= 4 is 29.1 Å². The molecule has 0 radical (unpaired) electrons. The van der Waals surface area contributed by atoms with Gasteiger partial charge in [-0.05, 0) is 30.2 Å². The fraction of sp³-hybridized carbons (Fsp3) is 0.105. The zero-order valence-electron chi connectivity index (χ0n) is 13.7. The van der Waals surface area contributed by atoms with E-state index in [1.165, 1.54) is 36.2 Å². The van der Waals surface area contributed by atoms with E-state index in [2.05, 4.69) is 32.7 Å². The number of halogens is 2. The Morgan fingerprint density at radius 1 is 1.08 bits per heavy atom. The monoisotopic (exact) mass is 370 g/mol. The van der Waals surface area contributed by atoms with Gasteiger partial charge >= 0.3 is 0 Å².